The molecular formula is C18H13N7. The van der Waals surface area contributed by atoms with Crippen molar-refractivity contribution in [2.75, 3.05) is 12.4 Å². The molecule has 4 aromatic rings. The summed E-state index contributed by atoms with van der Waals surface area (Å²) in [6, 6.07) is 11.7. The largest absolute Gasteiger partial charge is 0.372 e. The molecule has 7 heteroatoms. The molecule has 0 saturated carbocycles. The molecule has 0 fully saturated rings. The number of benzene rings is 1. The fourth-order valence-corrected chi connectivity index (χ4v) is 2.70. The zero-order chi connectivity index (χ0) is 17.2. The summed E-state index contributed by atoms with van der Waals surface area (Å²) in [6.07, 6.45) is 6.65. The van der Waals surface area contributed by atoms with Crippen molar-refractivity contribution in [3.63, 3.8) is 0 Å². The fraction of sp³-hybridized carbons (Fsp3) is 0.0556. The Bertz CT molecular complexity index is 1080. The van der Waals surface area contributed by atoms with E-state index in [-0.39, 0.29) is 0 Å². The fourth-order valence-electron chi connectivity index (χ4n) is 2.70. The smallest absolute Gasteiger partial charge is 0.145 e. The number of fused-ring (bicyclic) bond motifs is 1. The van der Waals surface area contributed by atoms with Gasteiger partial charge in [-0.25, -0.2) is 9.97 Å². The summed E-state index contributed by atoms with van der Waals surface area (Å²) in [6.45, 7) is 0. The first-order chi connectivity index (χ1) is 12.3. The first-order valence-electron chi connectivity index (χ1n) is 7.63. The Labute approximate surface area is 143 Å². The van der Waals surface area contributed by atoms with Gasteiger partial charge in [0.05, 0.1) is 11.9 Å². The van der Waals surface area contributed by atoms with Crippen LogP contribution in [0.5, 0.6) is 0 Å². The van der Waals surface area contributed by atoms with E-state index in [0.29, 0.717) is 11.3 Å². The molecule has 25 heavy (non-hydrogen) atoms. The van der Waals surface area contributed by atoms with Crippen molar-refractivity contribution in [1.29, 1.82) is 5.26 Å². The lowest BCUT2D eigenvalue weighted by molar-refractivity contribution is 1.07. The second-order valence-corrected chi connectivity index (χ2v) is 5.34. The molecule has 0 aliphatic carbocycles. The van der Waals surface area contributed by atoms with Crippen molar-refractivity contribution < 1.29 is 0 Å². The minimum absolute atomic E-state index is 0.338. The van der Waals surface area contributed by atoms with Crippen LogP contribution in [-0.4, -0.2) is 31.4 Å². The first kappa shape index (κ1) is 14.8. The van der Waals surface area contributed by atoms with Gasteiger partial charge in [-0.05, 0) is 0 Å². The molecule has 0 unspecified atom stereocenters. The van der Waals surface area contributed by atoms with Crippen LogP contribution in [0.25, 0.3) is 28.2 Å². The molecule has 0 atom stereocenters. The number of hydrogen-bond donors (Lipinski definition) is 1. The lowest BCUT2D eigenvalue weighted by atomic mass is 10.1. The second kappa shape index (κ2) is 6.02. The number of anilines is 1. The Morgan fingerprint density at radius 1 is 1.08 bits per heavy atom. The number of nitrogens with zero attached hydrogens (tertiary/aromatic N) is 6. The van der Waals surface area contributed by atoms with Crippen molar-refractivity contribution >= 4 is 11.5 Å². The van der Waals surface area contributed by atoms with E-state index < -0.39 is 0 Å². The average Bonchev–Trinajstić information content (AvgIpc) is 3.06. The van der Waals surface area contributed by atoms with E-state index in [4.69, 9.17) is 5.26 Å². The third-order valence-electron chi connectivity index (χ3n) is 3.89. The molecule has 3 aromatic heterocycles. The van der Waals surface area contributed by atoms with Crippen LogP contribution in [-0.2, 0) is 0 Å². The molecule has 0 bridgehead atoms. The predicted molar refractivity (Wildman–Crippen MR) is 93.7 cm³/mol. The van der Waals surface area contributed by atoms with Gasteiger partial charge in [-0.15, -0.1) is 0 Å². The van der Waals surface area contributed by atoms with Crippen LogP contribution in [0.15, 0.2) is 55.2 Å². The van der Waals surface area contributed by atoms with Crippen molar-refractivity contribution in [1.82, 2.24) is 24.3 Å². The number of nitriles is 1. The normalized spacial score (nSPS) is 10.6. The van der Waals surface area contributed by atoms with Crippen molar-refractivity contribution in [2.24, 2.45) is 0 Å². The molecule has 4 rings (SSSR count). The summed E-state index contributed by atoms with van der Waals surface area (Å²) in [4.78, 5) is 17.1. The highest BCUT2D eigenvalue weighted by atomic mass is 15.1. The van der Waals surface area contributed by atoms with Crippen LogP contribution in [0.4, 0.5) is 5.82 Å². The number of hydrogen-bond acceptors (Lipinski definition) is 6. The Morgan fingerprint density at radius 3 is 2.56 bits per heavy atom. The maximum Gasteiger partial charge on any atom is 0.145 e. The molecule has 0 aliphatic rings. The van der Waals surface area contributed by atoms with Crippen molar-refractivity contribution in [3.8, 4) is 28.6 Å². The number of nitrogens with one attached hydrogen (secondary N) is 1. The molecule has 0 aliphatic heterocycles. The summed E-state index contributed by atoms with van der Waals surface area (Å²) in [5.74, 6) is 0.819. The topological polar surface area (TPSA) is 91.8 Å². The Kier molecular flexibility index (Phi) is 3.56. The highest BCUT2D eigenvalue weighted by Crippen LogP contribution is 2.29. The SMILES string of the molecule is CNc1c(-c2ccc(-c3cnccn3)cc2)nc2cc(C#N)ncn12. The number of rotatable bonds is 3. The van der Waals surface area contributed by atoms with Crippen molar-refractivity contribution in [2.45, 2.75) is 0 Å². The Hall–Kier alpha value is -3.79. The zero-order valence-corrected chi connectivity index (χ0v) is 13.4. The highest BCUT2D eigenvalue weighted by Gasteiger charge is 2.14. The van der Waals surface area contributed by atoms with E-state index in [1.165, 1.54) is 0 Å². The minimum atomic E-state index is 0.338. The maximum absolute atomic E-state index is 9.01. The Balaban J connectivity index is 1.80. The second-order valence-electron chi connectivity index (χ2n) is 5.34. The van der Waals surface area contributed by atoms with E-state index in [9.17, 15) is 0 Å². The molecule has 3 heterocycles. The van der Waals surface area contributed by atoms with Gasteiger partial charge in [0.2, 0.25) is 0 Å². The summed E-state index contributed by atoms with van der Waals surface area (Å²) in [7, 11) is 1.83. The minimum Gasteiger partial charge on any atom is -0.372 e. The van der Waals surface area contributed by atoms with Gasteiger partial charge < -0.3 is 5.32 Å². The third-order valence-corrected chi connectivity index (χ3v) is 3.89. The number of imidazole rings is 1. The van der Waals surface area contributed by atoms with Crippen LogP contribution in [0.1, 0.15) is 5.69 Å². The van der Waals surface area contributed by atoms with Crippen LogP contribution in [0, 0.1) is 11.3 Å². The van der Waals surface area contributed by atoms with Crippen molar-refractivity contribution in [3.05, 3.63) is 60.9 Å². The molecule has 120 valence electrons. The van der Waals surface area contributed by atoms with Crippen LogP contribution in [0.3, 0.4) is 0 Å². The molecule has 1 N–H and O–H groups in total. The van der Waals surface area contributed by atoms with Gasteiger partial charge >= 0.3 is 0 Å². The van der Waals surface area contributed by atoms with Gasteiger partial charge in [-0.3, -0.25) is 14.4 Å². The summed E-state index contributed by atoms with van der Waals surface area (Å²) in [5, 5.41) is 12.2. The van der Waals surface area contributed by atoms with Crippen LogP contribution < -0.4 is 5.32 Å². The van der Waals surface area contributed by atoms with E-state index in [0.717, 1.165) is 28.3 Å². The standard InChI is InChI=1S/C18H13N7/c1-20-18-17(24-16-8-14(9-19)23-11-25(16)18)13-4-2-12(3-5-13)15-10-21-6-7-22-15/h2-8,10-11,20H,1H3. The first-order valence-corrected chi connectivity index (χ1v) is 7.63. The van der Waals surface area contributed by atoms with Crippen LogP contribution >= 0.6 is 0 Å². The van der Waals surface area contributed by atoms with E-state index in [2.05, 4.69) is 25.3 Å². The number of aromatic nitrogens is 5. The van der Waals surface area contributed by atoms with E-state index in [1.54, 1.807) is 31.0 Å². The maximum atomic E-state index is 9.01. The average molecular weight is 327 g/mol. The molecule has 0 radical (unpaired) electrons. The van der Waals surface area contributed by atoms with Gasteiger partial charge in [0, 0.05) is 36.6 Å². The van der Waals surface area contributed by atoms with Gasteiger partial charge in [0.1, 0.15) is 35.2 Å². The van der Waals surface area contributed by atoms with E-state index in [1.807, 2.05) is 41.8 Å². The molecule has 0 spiro atoms. The van der Waals surface area contributed by atoms with Gasteiger partial charge in [-0.2, -0.15) is 5.26 Å². The van der Waals surface area contributed by atoms with E-state index >= 15 is 0 Å². The molecular weight excluding hydrogens is 314 g/mol. The third kappa shape index (κ3) is 2.56. The quantitative estimate of drug-likeness (QED) is 0.622. The lowest BCUT2D eigenvalue weighted by Crippen LogP contribution is -1.97. The molecule has 7 nitrogen and oxygen atoms in total. The monoisotopic (exact) mass is 327 g/mol. The molecule has 0 saturated heterocycles. The lowest BCUT2D eigenvalue weighted by Gasteiger charge is -2.05. The molecule has 0 amide bonds. The van der Waals surface area contributed by atoms with Gasteiger partial charge in [-0.1, -0.05) is 24.3 Å². The predicted octanol–water partition coefficient (Wildman–Crippen LogP) is 2.77. The van der Waals surface area contributed by atoms with Crippen LogP contribution in [0.2, 0.25) is 0 Å². The zero-order valence-electron chi connectivity index (χ0n) is 13.4. The molecule has 1 aromatic carbocycles. The van der Waals surface area contributed by atoms with Gasteiger partial charge in [0.25, 0.3) is 0 Å². The summed E-state index contributed by atoms with van der Waals surface area (Å²) < 4.78 is 1.83. The summed E-state index contributed by atoms with van der Waals surface area (Å²) >= 11 is 0. The summed E-state index contributed by atoms with van der Waals surface area (Å²) in [5.41, 5.74) is 4.57. The van der Waals surface area contributed by atoms with Gasteiger partial charge in [0.15, 0.2) is 0 Å². The Morgan fingerprint density at radius 2 is 1.88 bits per heavy atom. The highest BCUT2D eigenvalue weighted by molar-refractivity contribution is 5.77.